The van der Waals surface area contributed by atoms with Crippen molar-refractivity contribution in [1.29, 1.82) is 0 Å². The number of rotatable bonds is 3. The van der Waals surface area contributed by atoms with Gasteiger partial charge < -0.3 is 4.90 Å². The predicted molar refractivity (Wildman–Crippen MR) is 110 cm³/mol. The average molecular weight is 459 g/mol. The topological polar surface area (TPSA) is 40.6 Å². The summed E-state index contributed by atoms with van der Waals surface area (Å²) in [5.74, 6) is 0. The van der Waals surface area contributed by atoms with Gasteiger partial charge in [0.2, 0.25) is 10.0 Å². The molecule has 4 nitrogen and oxygen atoms in total. The Hall–Kier alpha value is -1.77. The maximum Gasteiger partial charge on any atom is 0.416 e. The van der Waals surface area contributed by atoms with Gasteiger partial charge in [-0.1, -0.05) is 23.7 Å². The Bertz CT molecular complexity index is 1020. The number of nitrogens with zero attached hydrogens (tertiary/aromatic N) is 2. The van der Waals surface area contributed by atoms with E-state index in [0.29, 0.717) is 25.9 Å². The Labute approximate surface area is 179 Å². The molecule has 0 unspecified atom stereocenters. The van der Waals surface area contributed by atoms with Gasteiger partial charge in [0.25, 0.3) is 0 Å². The molecule has 0 radical (unpaired) electrons. The molecule has 2 aromatic rings. The van der Waals surface area contributed by atoms with Crippen LogP contribution in [-0.2, 0) is 16.2 Å². The van der Waals surface area contributed by atoms with Crippen LogP contribution in [0.25, 0.3) is 0 Å². The zero-order valence-corrected chi connectivity index (χ0v) is 17.8. The summed E-state index contributed by atoms with van der Waals surface area (Å²) in [4.78, 5) is 2.22. The van der Waals surface area contributed by atoms with Gasteiger partial charge in [-0.25, -0.2) is 8.42 Å². The molecule has 4 rings (SSSR count). The average Bonchev–Trinajstić information content (AvgIpc) is 3.11. The van der Waals surface area contributed by atoms with E-state index in [4.69, 9.17) is 11.6 Å². The molecule has 0 N–H and O–H groups in total. The summed E-state index contributed by atoms with van der Waals surface area (Å²) in [7, 11) is -3.64. The van der Waals surface area contributed by atoms with Crippen LogP contribution in [0, 0.1) is 5.41 Å². The molecule has 0 atom stereocenters. The van der Waals surface area contributed by atoms with E-state index in [1.807, 2.05) is 0 Å². The number of hydrogen-bond donors (Lipinski definition) is 0. The first-order chi connectivity index (χ1) is 14.1. The van der Waals surface area contributed by atoms with Crippen LogP contribution in [0.4, 0.5) is 18.9 Å². The zero-order chi connectivity index (χ0) is 21.6. The van der Waals surface area contributed by atoms with Crippen molar-refractivity contribution in [3.63, 3.8) is 0 Å². The maximum absolute atomic E-state index is 12.9. The SMILES string of the molecule is O=S(=O)(c1ccccc1Cl)N1CCC2(CCN(c3ccc(C(F)(F)F)cc3)C2)CC1. The fraction of sp³-hybridized carbons (Fsp3) is 0.429. The highest BCUT2D eigenvalue weighted by Crippen LogP contribution is 2.43. The van der Waals surface area contributed by atoms with Gasteiger partial charge >= 0.3 is 6.18 Å². The van der Waals surface area contributed by atoms with Crippen LogP contribution in [0.3, 0.4) is 0 Å². The van der Waals surface area contributed by atoms with Gasteiger partial charge in [-0.15, -0.1) is 0 Å². The van der Waals surface area contributed by atoms with Crippen LogP contribution in [0.5, 0.6) is 0 Å². The van der Waals surface area contributed by atoms with Gasteiger partial charge in [-0.3, -0.25) is 0 Å². The van der Waals surface area contributed by atoms with Crippen molar-refractivity contribution in [2.75, 3.05) is 31.1 Å². The van der Waals surface area contributed by atoms with E-state index in [1.54, 1.807) is 18.2 Å². The number of sulfonamides is 1. The lowest BCUT2D eigenvalue weighted by Gasteiger charge is -2.38. The van der Waals surface area contributed by atoms with Crippen LogP contribution in [0.2, 0.25) is 5.02 Å². The lowest BCUT2D eigenvalue weighted by molar-refractivity contribution is -0.137. The first-order valence-electron chi connectivity index (χ1n) is 9.78. The Morgan fingerprint density at radius 3 is 2.10 bits per heavy atom. The summed E-state index contributed by atoms with van der Waals surface area (Å²) < 4.78 is 65.7. The van der Waals surface area contributed by atoms with Crippen LogP contribution in [-0.4, -0.2) is 38.9 Å². The normalized spacial score (nSPS) is 20.1. The molecule has 0 aromatic heterocycles. The van der Waals surface area contributed by atoms with Crippen molar-refractivity contribution in [3.05, 3.63) is 59.1 Å². The minimum absolute atomic E-state index is 0.0186. The first-order valence-corrected chi connectivity index (χ1v) is 11.6. The van der Waals surface area contributed by atoms with Crippen LogP contribution in [0.1, 0.15) is 24.8 Å². The molecular weight excluding hydrogens is 437 g/mol. The molecule has 2 fully saturated rings. The van der Waals surface area contributed by atoms with Crippen LogP contribution >= 0.6 is 11.6 Å². The van der Waals surface area contributed by atoms with Crippen molar-refractivity contribution in [3.8, 4) is 0 Å². The summed E-state index contributed by atoms with van der Waals surface area (Å²) in [5, 5.41) is 0.215. The lowest BCUT2D eigenvalue weighted by atomic mass is 9.78. The minimum Gasteiger partial charge on any atom is -0.371 e. The second-order valence-electron chi connectivity index (χ2n) is 8.05. The summed E-state index contributed by atoms with van der Waals surface area (Å²) in [5.41, 5.74) is 0.0964. The lowest BCUT2D eigenvalue weighted by Crippen LogP contribution is -2.44. The number of benzene rings is 2. The molecule has 9 heteroatoms. The smallest absolute Gasteiger partial charge is 0.371 e. The third-order valence-corrected chi connectivity index (χ3v) is 8.63. The highest BCUT2D eigenvalue weighted by Gasteiger charge is 2.43. The first kappa shape index (κ1) is 21.5. The summed E-state index contributed by atoms with van der Waals surface area (Å²) in [6.45, 7) is 2.30. The minimum atomic E-state index is -4.34. The van der Waals surface area contributed by atoms with Gasteiger partial charge in [0, 0.05) is 31.9 Å². The third-order valence-electron chi connectivity index (χ3n) is 6.24. The van der Waals surface area contributed by atoms with Crippen molar-refractivity contribution < 1.29 is 21.6 Å². The Morgan fingerprint density at radius 2 is 1.50 bits per heavy atom. The monoisotopic (exact) mass is 458 g/mol. The van der Waals surface area contributed by atoms with Gasteiger partial charge in [0.15, 0.2) is 0 Å². The molecule has 2 saturated heterocycles. The molecule has 2 heterocycles. The molecule has 30 heavy (non-hydrogen) atoms. The molecule has 2 aliphatic heterocycles. The molecule has 2 aliphatic rings. The molecule has 0 bridgehead atoms. The molecule has 0 aliphatic carbocycles. The molecule has 0 amide bonds. The summed E-state index contributed by atoms with van der Waals surface area (Å²) in [6, 6.07) is 11.7. The number of anilines is 1. The zero-order valence-electron chi connectivity index (χ0n) is 16.2. The van der Waals surface area contributed by atoms with Crippen molar-refractivity contribution in [2.24, 2.45) is 5.41 Å². The van der Waals surface area contributed by atoms with Crippen molar-refractivity contribution >= 4 is 27.3 Å². The summed E-state index contributed by atoms with van der Waals surface area (Å²) >= 11 is 6.09. The van der Waals surface area contributed by atoms with Crippen LogP contribution < -0.4 is 4.90 Å². The van der Waals surface area contributed by atoms with Gasteiger partial charge in [0.1, 0.15) is 4.90 Å². The number of alkyl halides is 3. The summed E-state index contributed by atoms with van der Waals surface area (Å²) in [6.07, 6.45) is -2.01. The molecule has 162 valence electrons. The van der Waals surface area contributed by atoms with Gasteiger partial charge in [0.05, 0.1) is 10.6 Å². The van der Waals surface area contributed by atoms with E-state index in [-0.39, 0.29) is 15.3 Å². The Kier molecular flexibility index (Phi) is 5.53. The van der Waals surface area contributed by atoms with E-state index in [9.17, 15) is 21.6 Å². The van der Waals surface area contributed by atoms with E-state index in [2.05, 4.69) is 4.90 Å². The number of hydrogen-bond acceptors (Lipinski definition) is 3. The third kappa shape index (κ3) is 4.05. The van der Waals surface area contributed by atoms with Crippen LogP contribution in [0.15, 0.2) is 53.4 Å². The fourth-order valence-corrected chi connectivity index (χ4v) is 6.35. The molecule has 1 spiro atoms. The van der Waals surface area contributed by atoms with E-state index < -0.39 is 21.8 Å². The fourth-order valence-electron chi connectivity index (χ4n) is 4.42. The second-order valence-corrected chi connectivity index (χ2v) is 10.4. The standard InChI is InChI=1S/C21H22ClF3N2O2S/c22-18-3-1-2-4-19(18)30(28,29)27-13-10-20(11-14-27)9-12-26(15-20)17-7-5-16(6-8-17)21(23,24)25/h1-8H,9-15H2. The van der Waals surface area contributed by atoms with Crippen molar-refractivity contribution in [2.45, 2.75) is 30.3 Å². The maximum atomic E-state index is 12.9. The molecule has 0 saturated carbocycles. The largest absolute Gasteiger partial charge is 0.416 e. The highest BCUT2D eigenvalue weighted by molar-refractivity contribution is 7.89. The Balaban J connectivity index is 1.42. The van der Waals surface area contributed by atoms with E-state index >= 15 is 0 Å². The van der Waals surface area contributed by atoms with E-state index in [0.717, 1.165) is 37.3 Å². The second kappa shape index (κ2) is 7.73. The Morgan fingerprint density at radius 1 is 0.900 bits per heavy atom. The van der Waals surface area contributed by atoms with Gasteiger partial charge in [-0.05, 0) is 61.1 Å². The highest BCUT2D eigenvalue weighted by atomic mass is 35.5. The molecular formula is C21H22ClF3N2O2S. The van der Waals surface area contributed by atoms with E-state index in [1.165, 1.54) is 22.5 Å². The predicted octanol–water partition coefficient (Wildman–Crippen LogP) is 5.04. The number of piperidine rings is 1. The number of halogens is 4. The van der Waals surface area contributed by atoms with Crippen molar-refractivity contribution in [1.82, 2.24) is 4.31 Å². The molecule has 2 aromatic carbocycles. The quantitative estimate of drug-likeness (QED) is 0.647. The van der Waals surface area contributed by atoms with Gasteiger partial charge in [-0.2, -0.15) is 17.5 Å².